The molecule has 1 unspecified atom stereocenters. The first-order valence-corrected chi connectivity index (χ1v) is 12.0. The largest absolute Gasteiger partial charge is 0.492 e. The van der Waals surface area contributed by atoms with Gasteiger partial charge in [0.25, 0.3) is 0 Å². The molecule has 0 saturated heterocycles. The van der Waals surface area contributed by atoms with Crippen molar-refractivity contribution in [3.63, 3.8) is 0 Å². The van der Waals surface area contributed by atoms with Gasteiger partial charge in [0.2, 0.25) is 0 Å². The predicted molar refractivity (Wildman–Crippen MR) is 130 cm³/mol. The van der Waals surface area contributed by atoms with Crippen LogP contribution in [0.4, 0.5) is 4.79 Å². The summed E-state index contributed by atoms with van der Waals surface area (Å²) in [7, 11) is 0. The summed E-state index contributed by atoms with van der Waals surface area (Å²) in [4.78, 5) is 25.8. The van der Waals surface area contributed by atoms with Crippen molar-refractivity contribution in [2.45, 2.75) is 52.1 Å². The molecule has 1 atom stereocenters. The van der Waals surface area contributed by atoms with Gasteiger partial charge < -0.3 is 24.2 Å². The highest BCUT2D eigenvalue weighted by atomic mass is 16.6. The molecule has 7 heteroatoms. The van der Waals surface area contributed by atoms with Crippen LogP contribution in [0.1, 0.15) is 50.7 Å². The molecule has 1 saturated carbocycles. The van der Waals surface area contributed by atoms with Crippen LogP contribution in [0.25, 0.3) is 0 Å². The van der Waals surface area contributed by atoms with Crippen LogP contribution >= 0.6 is 0 Å². The van der Waals surface area contributed by atoms with Gasteiger partial charge >= 0.3 is 12.1 Å². The van der Waals surface area contributed by atoms with Gasteiger partial charge in [-0.05, 0) is 67.0 Å². The number of amides is 1. The lowest BCUT2D eigenvalue weighted by atomic mass is 10.0. The van der Waals surface area contributed by atoms with Crippen LogP contribution in [-0.4, -0.2) is 54.5 Å². The number of aliphatic carboxylic acids is 1. The van der Waals surface area contributed by atoms with E-state index in [0.29, 0.717) is 56.1 Å². The highest BCUT2D eigenvalue weighted by Crippen LogP contribution is 2.30. The molecule has 1 aliphatic carbocycles. The van der Waals surface area contributed by atoms with E-state index in [2.05, 4.69) is 13.8 Å². The molecular formula is C27H35NO6. The van der Waals surface area contributed by atoms with Gasteiger partial charge in [-0.2, -0.15) is 0 Å². The van der Waals surface area contributed by atoms with E-state index in [1.54, 1.807) is 24.0 Å². The third kappa shape index (κ3) is 8.06. The average molecular weight is 470 g/mol. The Morgan fingerprint density at radius 1 is 1.03 bits per heavy atom. The van der Waals surface area contributed by atoms with Crippen molar-refractivity contribution in [2.24, 2.45) is 5.92 Å². The van der Waals surface area contributed by atoms with Crippen LogP contribution in [0.2, 0.25) is 0 Å². The molecule has 0 heterocycles. The van der Waals surface area contributed by atoms with E-state index in [1.165, 1.54) is 5.56 Å². The van der Waals surface area contributed by atoms with E-state index in [0.717, 1.165) is 18.4 Å². The standard InChI is InChI=1S/C27H35NO6/c1-4-32-25(26(29)30)17-20-7-11-23(12-8-20)33-16-15-28(18-21-5-6-21)27(31)34-24-13-9-22(10-14-24)19(2)3/h7-14,19,21,25H,4-6,15-18H2,1-3H3,(H,29,30). The molecule has 34 heavy (non-hydrogen) atoms. The Hall–Kier alpha value is -3.06. The van der Waals surface area contributed by atoms with Crippen LogP contribution in [0.3, 0.4) is 0 Å². The normalized spacial score (nSPS) is 14.0. The number of carbonyl (C=O) groups is 2. The lowest BCUT2D eigenvalue weighted by molar-refractivity contribution is -0.149. The van der Waals surface area contributed by atoms with Crippen molar-refractivity contribution in [3.8, 4) is 11.5 Å². The highest BCUT2D eigenvalue weighted by molar-refractivity contribution is 5.72. The van der Waals surface area contributed by atoms with Gasteiger partial charge in [-0.1, -0.05) is 38.1 Å². The Balaban J connectivity index is 1.50. The topological polar surface area (TPSA) is 85.3 Å². The Bertz CT molecular complexity index is 921. The molecule has 0 bridgehead atoms. The van der Waals surface area contributed by atoms with E-state index in [4.69, 9.17) is 14.2 Å². The zero-order valence-corrected chi connectivity index (χ0v) is 20.2. The van der Waals surface area contributed by atoms with Crippen LogP contribution in [0, 0.1) is 5.92 Å². The smallest absolute Gasteiger partial charge is 0.415 e. The summed E-state index contributed by atoms with van der Waals surface area (Å²) in [5.74, 6) is 1.18. The van der Waals surface area contributed by atoms with Crippen molar-refractivity contribution in [1.29, 1.82) is 0 Å². The van der Waals surface area contributed by atoms with Gasteiger partial charge in [-0.25, -0.2) is 9.59 Å². The van der Waals surface area contributed by atoms with Gasteiger partial charge in [0.15, 0.2) is 6.10 Å². The molecule has 0 spiro atoms. The Labute approximate surface area is 201 Å². The maximum absolute atomic E-state index is 12.8. The molecule has 0 aromatic heterocycles. The fraction of sp³-hybridized carbons (Fsp3) is 0.481. The van der Waals surface area contributed by atoms with Crippen molar-refractivity contribution < 1.29 is 28.9 Å². The monoisotopic (exact) mass is 469 g/mol. The number of rotatable bonds is 13. The van der Waals surface area contributed by atoms with Gasteiger partial charge in [0.05, 0.1) is 6.54 Å². The van der Waals surface area contributed by atoms with Gasteiger partial charge in [0, 0.05) is 19.6 Å². The number of hydrogen-bond donors (Lipinski definition) is 1. The van der Waals surface area contributed by atoms with Crippen LogP contribution in [-0.2, 0) is 16.0 Å². The van der Waals surface area contributed by atoms with Crippen molar-refractivity contribution in [2.75, 3.05) is 26.3 Å². The molecule has 1 N–H and O–H groups in total. The predicted octanol–water partition coefficient (Wildman–Crippen LogP) is 5.13. The summed E-state index contributed by atoms with van der Waals surface area (Å²) in [5, 5.41) is 9.23. The summed E-state index contributed by atoms with van der Waals surface area (Å²) in [6.45, 7) is 7.80. The second-order valence-corrected chi connectivity index (χ2v) is 8.96. The molecule has 2 aromatic rings. The summed E-state index contributed by atoms with van der Waals surface area (Å²) < 4.78 is 16.7. The van der Waals surface area contributed by atoms with E-state index in [9.17, 15) is 14.7 Å². The number of hydrogen-bond acceptors (Lipinski definition) is 5. The lowest BCUT2D eigenvalue weighted by Crippen LogP contribution is -2.38. The van der Waals surface area contributed by atoms with E-state index in [1.807, 2.05) is 36.4 Å². The zero-order chi connectivity index (χ0) is 24.5. The van der Waals surface area contributed by atoms with Gasteiger partial charge in [-0.15, -0.1) is 0 Å². The molecule has 0 aliphatic heterocycles. The molecule has 3 rings (SSSR count). The Morgan fingerprint density at radius 2 is 1.68 bits per heavy atom. The number of carbonyl (C=O) groups excluding carboxylic acids is 1. The maximum atomic E-state index is 12.8. The van der Waals surface area contributed by atoms with Crippen molar-refractivity contribution in [1.82, 2.24) is 4.90 Å². The minimum atomic E-state index is -0.972. The van der Waals surface area contributed by atoms with Crippen molar-refractivity contribution in [3.05, 3.63) is 59.7 Å². The first kappa shape index (κ1) is 25.6. The number of ether oxygens (including phenoxy) is 3. The Kier molecular flexibility index (Phi) is 9.33. The molecule has 0 radical (unpaired) electrons. The minimum Gasteiger partial charge on any atom is -0.492 e. The zero-order valence-electron chi connectivity index (χ0n) is 20.2. The maximum Gasteiger partial charge on any atom is 0.415 e. The van der Waals surface area contributed by atoms with Crippen LogP contribution < -0.4 is 9.47 Å². The summed E-state index contributed by atoms with van der Waals surface area (Å²) in [6.07, 6.45) is 1.34. The number of carboxylic acids is 1. The molecule has 2 aromatic carbocycles. The minimum absolute atomic E-state index is 0.294. The number of nitrogens with zero attached hydrogens (tertiary/aromatic N) is 1. The van der Waals surface area contributed by atoms with Gasteiger partial charge in [-0.3, -0.25) is 0 Å². The SMILES string of the molecule is CCOC(Cc1ccc(OCCN(CC2CC2)C(=O)Oc2ccc(C(C)C)cc2)cc1)C(=O)O. The van der Waals surface area contributed by atoms with Crippen LogP contribution in [0.5, 0.6) is 11.5 Å². The molecule has 1 amide bonds. The van der Waals surface area contributed by atoms with E-state index >= 15 is 0 Å². The first-order valence-electron chi connectivity index (χ1n) is 12.0. The van der Waals surface area contributed by atoms with E-state index < -0.39 is 12.1 Å². The third-order valence-corrected chi connectivity index (χ3v) is 5.80. The number of benzene rings is 2. The lowest BCUT2D eigenvalue weighted by Gasteiger charge is -2.22. The van der Waals surface area contributed by atoms with Crippen LogP contribution in [0.15, 0.2) is 48.5 Å². The number of carboxylic acid groups (broad SMARTS) is 1. The fourth-order valence-corrected chi connectivity index (χ4v) is 3.58. The molecule has 7 nitrogen and oxygen atoms in total. The van der Waals surface area contributed by atoms with E-state index in [-0.39, 0.29) is 6.09 Å². The third-order valence-electron chi connectivity index (χ3n) is 5.80. The van der Waals surface area contributed by atoms with Crippen molar-refractivity contribution >= 4 is 12.1 Å². The van der Waals surface area contributed by atoms with Gasteiger partial charge in [0.1, 0.15) is 18.1 Å². The fourth-order valence-electron chi connectivity index (χ4n) is 3.58. The molecule has 1 aliphatic rings. The molecule has 1 fully saturated rings. The summed E-state index contributed by atoms with van der Waals surface area (Å²) in [5.41, 5.74) is 2.06. The quantitative estimate of drug-likeness (QED) is 0.438. The average Bonchev–Trinajstić information content (AvgIpc) is 3.63. The summed E-state index contributed by atoms with van der Waals surface area (Å²) in [6, 6.07) is 14.9. The molecule has 184 valence electrons. The second-order valence-electron chi connectivity index (χ2n) is 8.96. The first-order chi connectivity index (χ1) is 16.4. The second kappa shape index (κ2) is 12.4. The summed E-state index contributed by atoms with van der Waals surface area (Å²) >= 11 is 0. The Morgan fingerprint density at radius 3 is 2.24 bits per heavy atom. The highest BCUT2D eigenvalue weighted by Gasteiger charge is 2.28. The molecular weight excluding hydrogens is 434 g/mol.